The zero-order valence-electron chi connectivity index (χ0n) is 13.4. The maximum absolute atomic E-state index is 11.7. The quantitative estimate of drug-likeness (QED) is 0.787. The van der Waals surface area contributed by atoms with Gasteiger partial charge in [0.1, 0.15) is 6.10 Å². The number of nitrogens with one attached hydrogen (secondary N) is 1. The van der Waals surface area contributed by atoms with Crippen molar-refractivity contribution in [1.29, 1.82) is 0 Å². The highest BCUT2D eigenvalue weighted by Crippen LogP contribution is 2.18. The Morgan fingerprint density at radius 2 is 2.14 bits per heavy atom. The van der Waals surface area contributed by atoms with Gasteiger partial charge in [-0.2, -0.15) is 0 Å². The van der Waals surface area contributed by atoms with Crippen molar-refractivity contribution < 1.29 is 14.6 Å². The summed E-state index contributed by atoms with van der Waals surface area (Å²) in [6.45, 7) is 6.70. The van der Waals surface area contributed by atoms with Crippen LogP contribution in [0.25, 0.3) is 0 Å². The highest BCUT2D eigenvalue weighted by atomic mass is 16.5. The topological polar surface area (TPSA) is 61.8 Å². The number of amides is 1. The summed E-state index contributed by atoms with van der Waals surface area (Å²) in [5, 5.41) is 12.8. The van der Waals surface area contributed by atoms with E-state index in [4.69, 9.17) is 4.74 Å². The number of fused-ring (bicyclic) bond motifs is 1. The first-order valence-corrected chi connectivity index (χ1v) is 7.96. The minimum Gasteiger partial charge on any atom is -0.390 e. The molecule has 2 rings (SSSR count). The van der Waals surface area contributed by atoms with Crippen LogP contribution in [0.15, 0.2) is 24.3 Å². The first-order chi connectivity index (χ1) is 10.6. The molecule has 0 saturated heterocycles. The zero-order valence-corrected chi connectivity index (χ0v) is 13.4. The van der Waals surface area contributed by atoms with E-state index in [1.54, 1.807) is 6.92 Å². The summed E-state index contributed by atoms with van der Waals surface area (Å²) in [4.78, 5) is 14.0. The first-order valence-electron chi connectivity index (χ1n) is 7.96. The molecule has 2 unspecified atom stereocenters. The van der Waals surface area contributed by atoms with Crippen LogP contribution in [0.3, 0.4) is 0 Å². The Balaban J connectivity index is 1.74. The summed E-state index contributed by atoms with van der Waals surface area (Å²) in [5.74, 6) is -0.176. The lowest BCUT2D eigenvalue weighted by Gasteiger charge is -2.30. The largest absolute Gasteiger partial charge is 0.390 e. The van der Waals surface area contributed by atoms with Crippen molar-refractivity contribution in [2.75, 3.05) is 26.2 Å². The van der Waals surface area contributed by atoms with Crippen LogP contribution in [0, 0.1) is 0 Å². The van der Waals surface area contributed by atoms with Crippen LogP contribution in [0.1, 0.15) is 25.0 Å². The van der Waals surface area contributed by atoms with E-state index in [-0.39, 0.29) is 12.5 Å². The number of β-amino-alcohol motifs (C(OH)–C–C–N with tert-alkyl or cyclic N) is 1. The van der Waals surface area contributed by atoms with Crippen LogP contribution < -0.4 is 5.32 Å². The molecule has 0 bridgehead atoms. The van der Waals surface area contributed by atoms with Crippen molar-refractivity contribution in [2.24, 2.45) is 0 Å². The van der Waals surface area contributed by atoms with Crippen molar-refractivity contribution in [1.82, 2.24) is 10.2 Å². The molecule has 0 spiro atoms. The molecule has 2 N–H and O–H groups in total. The molecule has 0 aliphatic carbocycles. The third kappa shape index (κ3) is 4.80. The van der Waals surface area contributed by atoms with E-state index in [1.165, 1.54) is 11.1 Å². The molecule has 0 radical (unpaired) electrons. The highest BCUT2D eigenvalue weighted by molar-refractivity contribution is 5.80. The van der Waals surface area contributed by atoms with E-state index in [2.05, 4.69) is 28.4 Å². The van der Waals surface area contributed by atoms with E-state index >= 15 is 0 Å². The molecule has 1 aliphatic heterocycles. The Bertz CT molecular complexity index is 493. The number of aliphatic hydroxyl groups is 1. The normalized spacial score (nSPS) is 17.6. The second-order valence-electron chi connectivity index (χ2n) is 5.75. The minimum atomic E-state index is -0.567. The summed E-state index contributed by atoms with van der Waals surface area (Å²) in [6.07, 6.45) is -0.0292. The van der Waals surface area contributed by atoms with Crippen molar-refractivity contribution in [3.05, 3.63) is 35.4 Å². The number of rotatable bonds is 7. The predicted octanol–water partition coefficient (Wildman–Crippen LogP) is 0.947. The second-order valence-corrected chi connectivity index (χ2v) is 5.75. The second kappa shape index (κ2) is 8.27. The predicted molar refractivity (Wildman–Crippen MR) is 85.5 cm³/mol. The molecule has 1 aliphatic rings. The van der Waals surface area contributed by atoms with Gasteiger partial charge < -0.3 is 15.2 Å². The zero-order chi connectivity index (χ0) is 15.9. The molecule has 1 aromatic rings. The van der Waals surface area contributed by atoms with Crippen molar-refractivity contribution in [3.63, 3.8) is 0 Å². The number of nitrogens with zero attached hydrogens (tertiary/aromatic N) is 1. The standard InChI is InChI=1S/C17H26N2O3/c1-3-22-13(2)17(21)18-10-16(20)12-19-9-8-14-6-4-5-7-15(14)11-19/h4-7,13,16,20H,3,8-12H2,1-2H3,(H,18,21). The van der Waals surface area contributed by atoms with E-state index in [9.17, 15) is 9.90 Å². The van der Waals surface area contributed by atoms with Gasteiger partial charge in [0, 0.05) is 32.8 Å². The third-order valence-electron chi connectivity index (χ3n) is 3.98. The molecule has 1 amide bonds. The van der Waals surface area contributed by atoms with Gasteiger partial charge in [0.15, 0.2) is 0 Å². The fourth-order valence-electron chi connectivity index (χ4n) is 2.76. The number of carbonyl (C=O) groups is 1. The lowest BCUT2D eigenvalue weighted by Crippen LogP contribution is -2.44. The van der Waals surface area contributed by atoms with Crippen LogP contribution in [0.2, 0.25) is 0 Å². The molecule has 122 valence electrons. The summed E-state index contributed by atoms with van der Waals surface area (Å²) < 4.78 is 5.22. The van der Waals surface area contributed by atoms with Crippen molar-refractivity contribution in [3.8, 4) is 0 Å². The summed E-state index contributed by atoms with van der Waals surface area (Å²) in [7, 11) is 0. The van der Waals surface area contributed by atoms with Gasteiger partial charge in [0.2, 0.25) is 5.91 Å². The van der Waals surface area contributed by atoms with Crippen LogP contribution in [0.5, 0.6) is 0 Å². The summed E-state index contributed by atoms with van der Waals surface area (Å²) >= 11 is 0. The van der Waals surface area contributed by atoms with Crippen LogP contribution >= 0.6 is 0 Å². The van der Waals surface area contributed by atoms with E-state index in [1.807, 2.05) is 13.0 Å². The minimum absolute atomic E-state index is 0.176. The first kappa shape index (κ1) is 16.9. The molecular weight excluding hydrogens is 280 g/mol. The SMILES string of the molecule is CCOC(C)C(=O)NCC(O)CN1CCc2ccccc2C1. The molecule has 2 atom stereocenters. The smallest absolute Gasteiger partial charge is 0.248 e. The van der Waals surface area contributed by atoms with Gasteiger partial charge in [0.25, 0.3) is 0 Å². The number of benzene rings is 1. The lowest BCUT2D eigenvalue weighted by atomic mass is 10.00. The number of hydrogen-bond acceptors (Lipinski definition) is 4. The molecule has 0 aromatic heterocycles. The van der Waals surface area contributed by atoms with E-state index in [0.29, 0.717) is 13.2 Å². The van der Waals surface area contributed by atoms with Gasteiger partial charge in [0.05, 0.1) is 6.10 Å². The Hall–Kier alpha value is -1.43. The van der Waals surface area contributed by atoms with Crippen molar-refractivity contribution in [2.45, 2.75) is 39.0 Å². The van der Waals surface area contributed by atoms with Gasteiger partial charge in [-0.15, -0.1) is 0 Å². The monoisotopic (exact) mass is 306 g/mol. The number of aliphatic hydroxyl groups excluding tert-OH is 1. The molecule has 22 heavy (non-hydrogen) atoms. The number of ether oxygens (including phenoxy) is 1. The fourth-order valence-corrected chi connectivity index (χ4v) is 2.76. The molecular formula is C17H26N2O3. The maximum Gasteiger partial charge on any atom is 0.248 e. The Morgan fingerprint density at radius 3 is 2.86 bits per heavy atom. The van der Waals surface area contributed by atoms with Crippen LogP contribution in [0.4, 0.5) is 0 Å². The molecule has 5 nitrogen and oxygen atoms in total. The van der Waals surface area contributed by atoms with Crippen molar-refractivity contribution >= 4 is 5.91 Å². The maximum atomic E-state index is 11.7. The average molecular weight is 306 g/mol. The molecule has 1 aromatic carbocycles. The van der Waals surface area contributed by atoms with E-state index in [0.717, 1.165) is 19.5 Å². The van der Waals surface area contributed by atoms with Gasteiger partial charge in [-0.1, -0.05) is 24.3 Å². The highest BCUT2D eigenvalue weighted by Gasteiger charge is 2.19. The summed E-state index contributed by atoms with van der Waals surface area (Å²) in [6, 6.07) is 8.42. The lowest BCUT2D eigenvalue weighted by molar-refractivity contribution is -0.131. The fraction of sp³-hybridized carbons (Fsp3) is 0.588. The summed E-state index contributed by atoms with van der Waals surface area (Å²) in [5.41, 5.74) is 2.72. The third-order valence-corrected chi connectivity index (χ3v) is 3.98. The van der Waals surface area contributed by atoms with Gasteiger partial charge in [-0.25, -0.2) is 0 Å². The number of hydrogen-bond donors (Lipinski definition) is 2. The van der Waals surface area contributed by atoms with E-state index < -0.39 is 12.2 Å². The Kier molecular flexibility index (Phi) is 6.36. The van der Waals surface area contributed by atoms with Gasteiger partial charge in [-0.3, -0.25) is 9.69 Å². The average Bonchev–Trinajstić information content (AvgIpc) is 2.52. The molecule has 0 saturated carbocycles. The van der Waals surface area contributed by atoms with Crippen LogP contribution in [-0.2, 0) is 22.5 Å². The van der Waals surface area contributed by atoms with Gasteiger partial charge >= 0.3 is 0 Å². The van der Waals surface area contributed by atoms with Gasteiger partial charge in [-0.05, 0) is 31.4 Å². The molecule has 5 heteroatoms. The van der Waals surface area contributed by atoms with Crippen LogP contribution in [-0.4, -0.2) is 54.4 Å². The molecule has 1 heterocycles. The Morgan fingerprint density at radius 1 is 1.41 bits per heavy atom. The molecule has 0 fully saturated rings. The Labute approximate surface area is 132 Å². The number of carbonyl (C=O) groups excluding carboxylic acids is 1.